The highest BCUT2D eigenvalue weighted by molar-refractivity contribution is 7.81. The Morgan fingerprint density at radius 1 is 0.875 bits per heavy atom. The van der Waals surface area contributed by atoms with Crippen molar-refractivity contribution in [2.75, 3.05) is 0 Å². The van der Waals surface area contributed by atoms with E-state index in [1.807, 2.05) is 0 Å². The van der Waals surface area contributed by atoms with Crippen molar-refractivity contribution in [3.8, 4) is 0 Å². The third kappa shape index (κ3) is 10.2. The molecule has 0 fully saturated rings. The van der Waals surface area contributed by atoms with Crippen molar-refractivity contribution >= 4 is 37.2 Å². The summed E-state index contributed by atoms with van der Waals surface area (Å²) in [6.45, 7) is 0. The molecule has 0 spiro atoms. The standard InChI is InChI=1S/C10H18O4S2/c11-9(12)5-7(15)3-1-2-4-8(16)6-10(13)14/h7-8,15-16H,1-6H2,(H,11,12)(H,13,14). The van der Waals surface area contributed by atoms with Crippen LogP contribution in [0.2, 0.25) is 0 Å². The van der Waals surface area contributed by atoms with Crippen LogP contribution in [-0.2, 0) is 9.59 Å². The number of hydrogen-bond donors (Lipinski definition) is 4. The molecule has 0 amide bonds. The van der Waals surface area contributed by atoms with Crippen molar-refractivity contribution in [3.63, 3.8) is 0 Å². The molecule has 2 unspecified atom stereocenters. The lowest BCUT2D eigenvalue weighted by molar-refractivity contribution is -0.138. The van der Waals surface area contributed by atoms with Gasteiger partial charge in [-0.2, -0.15) is 25.3 Å². The minimum Gasteiger partial charge on any atom is -0.481 e. The average molecular weight is 266 g/mol. The fourth-order valence-electron chi connectivity index (χ4n) is 1.37. The van der Waals surface area contributed by atoms with Gasteiger partial charge in [-0.15, -0.1) is 0 Å². The van der Waals surface area contributed by atoms with Crippen LogP contribution >= 0.6 is 25.3 Å². The summed E-state index contributed by atoms with van der Waals surface area (Å²) < 4.78 is 0. The Kier molecular flexibility index (Phi) is 8.56. The van der Waals surface area contributed by atoms with E-state index in [2.05, 4.69) is 25.3 Å². The normalized spacial score (nSPS) is 14.4. The molecule has 0 heterocycles. The second-order valence-electron chi connectivity index (χ2n) is 3.79. The molecule has 0 aliphatic carbocycles. The fourth-order valence-corrected chi connectivity index (χ4v) is 2.04. The number of rotatable bonds is 9. The van der Waals surface area contributed by atoms with Crippen LogP contribution in [0.5, 0.6) is 0 Å². The lowest BCUT2D eigenvalue weighted by atomic mass is 10.1. The first-order valence-electron chi connectivity index (χ1n) is 5.21. The molecule has 94 valence electrons. The summed E-state index contributed by atoms with van der Waals surface area (Å²) in [6.07, 6.45) is 3.34. The van der Waals surface area contributed by atoms with Gasteiger partial charge in [0.15, 0.2) is 0 Å². The van der Waals surface area contributed by atoms with E-state index in [0.717, 1.165) is 25.7 Å². The minimum atomic E-state index is -0.835. The van der Waals surface area contributed by atoms with Gasteiger partial charge in [-0.05, 0) is 12.8 Å². The van der Waals surface area contributed by atoms with Crippen molar-refractivity contribution in [1.29, 1.82) is 0 Å². The molecule has 0 aromatic carbocycles. The molecule has 4 nitrogen and oxygen atoms in total. The Hall–Kier alpha value is -0.360. The molecule has 2 N–H and O–H groups in total. The zero-order valence-electron chi connectivity index (χ0n) is 9.00. The second-order valence-corrected chi connectivity index (χ2v) is 5.25. The lowest BCUT2D eigenvalue weighted by Gasteiger charge is -2.09. The van der Waals surface area contributed by atoms with Crippen molar-refractivity contribution < 1.29 is 19.8 Å². The number of unbranched alkanes of at least 4 members (excludes halogenated alkanes) is 1. The first-order valence-corrected chi connectivity index (χ1v) is 6.24. The first-order chi connectivity index (χ1) is 7.41. The molecule has 0 bridgehead atoms. The topological polar surface area (TPSA) is 74.6 Å². The van der Waals surface area contributed by atoms with E-state index in [4.69, 9.17) is 10.2 Å². The van der Waals surface area contributed by atoms with Crippen LogP contribution in [0.3, 0.4) is 0 Å². The predicted octanol–water partition coefficient (Wildman–Crippen LogP) is 2.09. The van der Waals surface area contributed by atoms with Gasteiger partial charge < -0.3 is 10.2 Å². The van der Waals surface area contributed by atoms with E-state index in [0.29, 0.717) is 0 Å². The average Bonchev–Trinajstić information content (AvgIpc) is 2.10. The van der Waals surface area contributed by atoms with Crippen LogP contribution in [0.1, 0.15) is 38.5 Å². The molecular weight excluding hydrogens is 248 g/mol. The van der Waals surface area contributed by atoms with Crippen LogP contribution in [0.15, 0.2) is 0 Å². The van der Waals surface area contributed by atoms with Gasteiger partial charge in [0.25, 0.3) is 0 Å². The smallest absolute Gasteiger partial charge is 0.304 e. The van der Waals surface area contributed by atoms with Gasteiger partial charge >= 0.3 is 11.9 Å². The Morgan fingerprint density at radius 3 is 1.44 bits per heavy atom. The van der Waals surface area contributed by atoms with Gasteiger partial charge in [-0.3, -0.25) is 9.59 Å². The zero-order chi connectivity index (χ0) is 12.6. The van der Waals surface area contributed by atoms with Crippen LogP contribution < -0.4 is 0 Å². The van der Waals surface area contributed by atoms with Crippen molar-refractivity contribution in [2.24, 2.45) is 0 Å². The first kappa shape index (κ1) is 15.6. The maximum atomic E-state index is 10.3. The van der Waals surface area contributed by atoms with Crippen LogP contribution in [0.4, 0.5) is 0 Å². The second kappa shape index (κ2) is 8.75. The van der Waals surface area contributed by atoms with Gasteiger partial charge in [-0.1, -0.05) is 12.8 Å². The van der Waals surface area contributed by atoms with Crippen molar-refractivity contribution in [1.82, 2.24) is 0 Å². The lowest BCUT2D eigenvalue weighted by Crippen LogP contribution is -2.09. The molecular formula is C10H18O4S2. The fraction of sp³-hybridized carbons (Fsp3) is 0.800. The van der Waals surface area contributed by atoms with E-state index in [1.54, 1.807) is 0 Å². The SMILES string of the molecule is O=C(O)CC(S)CCCCC(S)CC(=O)O. The summed E-state index contributed by atoms with van der Waals surface area (Å²) in [5.74, 6) is -1.67. The maximum absolute atomic E-state index is 10.3. The number of hydrogen-bond acceptors (Lipinski definition) is 4. The Labute approximate surface area is 106 Å². The van der Waals surface area contributed by atoms with Crippen LogP contribution in [0, 0.1) is 0 Å². The molecule has 0 aliphatic heterocycles. The highest BCUT2D eigenvalue weighted by Crippen LogP contribution is 2.16. The third-order valence-electron chi connectivity index (χ3n) is 2.15. The van der Waals surface area contributed by atoms with Gasteiger partial charge in [0.1, 0.15) is 0 Å². The van der Waals surface area contributed by atoms with E-state index in [1.165, 1.54) is 0 Å². The van der Waals surface area contributed by atoms with E-state index >= 15 is 0 Å². The number of carbonyl (C=O) groups is 2. The van der Waals surface area contributed by atoms with Gasteiger partial charge in [0.05, 0.1) is 12.8 Å². The van der Waals surface area contributed by atoms with Crippen molar-refractivity contribution in [3.05, 3.63) is 0 Å². The largest absolute Gasteiger partial charge is 0.481 e. The monoisotopic (exact) mass is 266 g/mol. The van der Waals surface area contributed by atoms with Crippen molar-refractivity contribution in [2.45, 2.75) is 49.0 Å². The minimum absolute atomic E-state index is 0.0720. The summed E-state index contributed by atoms with van der Waals surface area (Å²) in [6, 6.07) is 0. The quantitative estimate of drug-likeness (QED) is 0.381. The number of aliphatic carboxylic acids is 2. The van der Waals surface area contributed by atoms with Crippen LogP contribution in [0.25, 0.3) is 0 Å². The Morgan fingerprint density at radius 2 is 1.19 bits per heavy atom. The van der Waals surface area contributed by atoms with E-state index < -0.39 is 11.9 Å². The Bertz CT molecular complexity index is 209. The Balaban J connectivity index is 3.45. The number of thiol groups is 2. The highest BCUT2D eigenvalue weighted by atomic mass is 32.1. The maximum Gasteiger partial charge on any atom is 0.304 e. The predicted molar refractivity (Wildman–Crippen MR) is 68.5 cm³/mol. The molecule has 0 saturated carbocycles. The molecule has 0 saturated heterocycles. The number of carboxylic acid groups (broad SMARTS) is 2. The van der Waals surface area contributed by atoms with E-state index in [9.17, 15) is 9.59 Å². The summed E-state index contributed by atoms with van der Waals surface area (Å²) in [7, 11) is 0. The molecule has 0 aromatic heterocycles. The molecule has 2 atom stereocenters. The van der Waals surface area contributed by atoms with Gasteiger partial charge in [0.2, 0.25) is 0 Å². The summed E-state index contributed by atoms with van der Waals surface area (Å²) >= 11 is 8.31. The zero-order valence-corrected chi connectivity index (χ0v) is 10.8. The summed E-state index contributed by atoms with van der Waals surface area (Å²) in [5.41, 5.74) is 0. The van der Waals surface area contributed by atoms with E-state index in [-0.39, 0.29) is 23.3 Å². The summed E-state index contributed by atoms with van der Waals surface area (Å²) in [5, 5.41) is 16.8. The van der Waals surface area contributed by atoms with Gasteiger partial charge in [-0.25, -0.2) is 0 Å². The van der Waals surface area contributed by atoms with Crippen LogP contribution in [-0.4, -0.2) is 32.7 Å². The highest BCUT2D eigenvalue weighted by Gasteiger charge is 2.10. The number of carboxylic acids is 2. The molecule has 0 aromatic rings. The third-order valence-corrected chi connectivity index (χ3v) is 3.03. The molecule has 0 rings (SSSR count). The molecule has 0 aliphatic rings. The molecule has 0 radical (unpaired) electrons. The summed E-state index contributed by atoms with van der Waals surface area (Å²) in [4.78, 5) is 20.7. The molecule has 16 heavy (non-hydrogen) atoms. The molecule has 6 heteroatoms. The van der Waals surface area contributed by atoms with Gasteiger partial charge in [0, 0.05) is 10.5 Å².